The van der Waals surface area contributed by atoms with Crippen molar-refractivity contribution in [3.8, 4) is 0 Å². The minimum Gasteiger partial charge on any atom is -0.396 e. The van der Waals surface area contributed by atoms with E-state index in [-0.39, 0.29) is 24.8 Å². The summed E-state index contributed by atoms with van der Waals surface area (Å²) in [5.74, 6) is -0.554. The summed E-state index contributed by atoms with van der Waals surface area (Å²) in [6, 6.07) is 16.2. The molecule has 1 fully saturated rings. The van der Waals surface area contributed by atoms with Gasteiger partial charge in [0.2, 0.25) is 11.8 Å². The van der Waals surface area contributed by atoms with E-state index in [4.69, 9.17) is 16.7 Å². The predicted molar refractivity (Wildman–Crippen MR) is 114 cm³/mol. The van der Waals surface area contributed by atoms with Gasteiger partial charge in [-0.25, -0.2) is 4.90 Å². The van der Waals surface area contributed by atoms with Crippen molar-refractivity contribution < 1.29 is 14.7 Å². The highest BCUT2D eigenvalue weighted by molar-refractivity contribution is 8.15. The molecule has 1 atom stereocenters. The Morgan fingerprint density at radius 2 is 2.00 bits per heavy atom. The Morgan fingerprint density at radius 3 is 2.71 bits per heavy atom. The molecule has 2 aromatic carbocycles. The van der Waals surface area contributed by atoms with Crippen LogP contribution < -0.4 is 10.2 Å². The number of para-hydroxylation sites is 1. The van der Waals surface area contributed by atoms with E-state index in [0.29, 0.717) is 28.8 Å². The molecule has 0 bridgehead atoms. The van der Waals surface area contributed by atoms with Crippen LogP contribution in [0.5, 0.6) is 0 Å². The van der Waals surface area contributed by atoms with E-state index in [1.54, 1.807) is 24.3 Å². The van der Waals surface area contributed by atoms with Gasteiger partial charge in [0.05, 0.1) is 5.69 Å². The van der Waals surface area contributed by atoms with E-state index in [2.05, 4.69) is 10.3 Å². The Morgan fingerprint density at radius 1 is 1.21 bits per heavy atom. The molecule has 0 spiro atoms. The van der Waals surface area contributed by atoms with E-state index in [1.807, 2.05) is 30.3 Å². The fraction of sp³-hybridized carbons (Fsp3) is 0.250. The Kier molecular flexibility index (Phi) is 7.08. The van der Waals surface area contributed by atoms with Crippen molar-refractivity contribution >= 4 is 51.7 Å². The second-order valence-corrected chi connectivity index (χ2v) is 7.74. The quantitative estimate of drug-likeness (QED) is 0.325. The molecule has 1 saturated heterocycles. The van der Waals surface area contributed by atoms with E-state index in [0.717, 1.165) is 5.69 Å². The summed E-state index contributed by atoms with van der Waals surface area (Å²) >= 11 is 7.22. The number of amides is 2. The number of imide groups is 1. The zero-order valence-electron chi connectivity index (χ0n) is 15.0. The van der Waals surface area contributed by atoms with Crippen LogP contribution in [0, 0.1) is 0 Å². The van der Waals surface area contributed by atoms with Gasteiger partial charge in [0.1, 0.15) is 5.25 Å². The summed E-state index contributed by atoms with van der Waals surface area (Å²) in [6.45, 7) is 0.460. The standard InChI is InChI=1S/C20H20ClN3O3S/c21-14-6-4-9-16(12-14)24-18(26)13-17(19(24)27)28-20(22-10-5-11-25)23-15-7-2-1-3-8-15/h1-4,6-9,12,17,25H,5,10-11,13H2,(H,22,23)/t17-/m1/s1. The molecule has 0 radical (unpaired) electrons. The van der Waals surface area contributed by atoms with Crippen LogP contribution in [0.4, 0.5) is 11.4 Å². The minimum absolute atomic E-state index is 0.0379. The lowest BCUT2D eigenvalue weighted by Gasteiger charge is -2.16. The van der Waals surface area contributed by atoms with Crippen LogP contribution >= 0.6 is 23.4 Å². The van der Waals surface area contributed by atoms with Gasteiger partial charge in [-0.05, 0) is 36.8 Å². The highest BCUT2D eigenvalue weighted by atomic mass is 35.5. The first-order chi connectivity index (χ1) is 13.6. The van der Waals surface area contributed by atoms with Crippen LogP contribution in [0.2, 0.25) is 5.02 Å². The highest BCUT2D eigenvalue weighted by Crippen LogP contribution is 2.31. The third kappa shape index (κ3) is 5.13. The molecule has 1 aliphatic rings. The van der Waals surface area contributed by atoms with Gasteiger partial charge in [-0.3, -0.25) is 14.6 Å². The molecule has 1 aliphatic heterocycles. The van der Waals surface area contributed by atoms with Crippen LogP contribution in [-0.2, 0) is 9.59 Å². The van der Waals surface area contributed by atoms with Crippen LogP contribution in [0.1, 0.15) is 12.8 Å². The molecule has 0 saturated carbocycles. The number of amidine groups is 1. The number of thioether (sulfide) groups is 1. The number of halogens is 1. The predicted octanol–water partition coefficient (Wildman–Crippen LogP) is 3.56. The monoisotopic (exact) mass is 417 g/mol. The van der Waals surface area contributed by atoms with Crippen molar-refractivity contribution in [2.24, 2.45) is 4.99 Å². The maximum Gasteiger partial charge on any atom is 0.247 e. The molecular weight excluding hydrogens is 398 g/mol. The number of rotatable bonds is 6. The molecule has 28 heavy (non-hydrogen) atoms. The molecule has 8 heteroatoms. The second-order valence-electron chi connectivity index (χ2n) is 6.11. The topological polar surface area (TPSA) is 82.0 Å². The van der Waals surface area contributed by atoms with Gasteiger partial charge in [-0.2, -0.15) is 0 Å². The number of carbonyl (C=O) groups is 2. The first-order valence-corrected chi connectivity index (χ1v) is 10.1. The third-order valence-corrected chi connectivity index (χ3v) is 5.36. The fourth-order valence-corrected chi connectivity index (χ4v) is 3.95. The summed E-state index contributed by atoms with van der Waals surface area (Å²) in [5, 5.41) is 12.6. The molecule has 2 N–H and O–H groups in total. The zero-order chi connectivity index (χ0) is 19.9. The molecule has 6 nitrogen and oxygen atoms in total. The average molecular weight is 418 g/mol. The fourth-order valence-electron chi connectivity index (χ4n) is 2.72. The van der Waals surface area contributed by atoms with Crippen molar-refractivity contribution in [1.82, 2.24) is 0 Å². The molecule has 2 amide bonds. The molecule has 0 aromatic heterocycles. The summed E-state index contributed by atoms with van der Waals surface area (Å²) < 4.78 is 0. The lowest BCUT2D eigenvalue weighted by Crippen LogP contribution is -2.31. The number of hydrogen-bond donors (Lipinski definition) is 2. The van der Waals surface area contributed by atoms with E-state index >= 15 is 0 Å². The molecule has 2 aromatic rings. The van der Waals surface area contributed by atoms with Crippen LogP contribution in [0.15, 0.2) is 59.6 Å². The first kappa shape index (κ1) is 20.4. The normalized spacial score (nSPS) is 17.3. The number of carbonyl (C=O) groups excluding carboxylic acids is 2. The van der Waals surface area contributed by atoms with Gasteiger partial charge in [-0.15, -0.1) is 0 Å². The van der Waals surface area contributed by atoms with Crippen molar-refractivity contribution in [1.29, 1.82) is 0 Å². The summed E-state index contributed by atoms with van der Waals surface area (Å²) in [7, 11) is 0. The highest BCUT2D eigenvalue weighted by Gasteiger charge is 2.40. The Balaban J connectivity index is 1.75. The van der Waals surface area contributed by atoms with E-state index in [9.17, 15) is 9.59 Å². The van der Waals surface area contributed by atoms with Gasteiger partial charge in [0, 0.05) is 30.3 Å². The van der Waals surface area contributed by atoms with Gasteiger partial charge < -0.3 is 10.4 Å². The lowest BCUT2D eigenvalue weighted by molar-refractivity contribution is -0.121. The van der Waals surface area contributed by atoms with E-state index in [1.165, 1.54) is 16.7 Å². The van der Waals surface area contributed by atoms with Gasteiger partial charge in [0.25, 0.3) is 0 Å². The molecular formula is C20H20ClN3O3S. The van der Waals surface area contributed by atoms with Crippen molar-refractivity contribution in [2.45, 2.75) is 18.1 Å². The maximum atomic E-state index is 12.9. The Bertz CT molecular complexity index is 876. The molecule has 0 unspecified atom stereocenters. The SMILES string of the molecule is O=C1C[C@@H](SC(=NCCCO)Nc2ccccc2)C(=O)N1c1cccc(Cl)c1. The molecule has 0 aliphatic carbocycles. The number of nitrogens with zero attached hydrogens (tertiary/aromatic N) is 2. The van der Waals surface area contributed by atoms with Gasteiger partial charge in [0.15, 0.2) is 5.17 Å². The molecule has 3 rings (SSSR count). The van der Waals surface area contributed by atoms with Crippen LogP contribution in [0.25, 0.3) is 0 Å². The summed E-state index contributed by atoms with van der Waals surface area (Å²) in [5.41, 5.74) is 1.31. The van der Waals surface area contributed by atoms with Crippen molar-refractivity contribution in [2.75, 3.05) is 23.4 Å². The van der Waals surface area contributed by atoms with Crippen molar-refractivity contribution in [3.05, 3.63) is 59.6 Å². The number of aliphatic imine (C=N–C) groups is 1. The number of anilines is 2. The average Bonchev–Trinajstić information content (AvgIpc) is 2.96. The zero-order valence-corrected chi connectivity index (χ0v) is 16.6. The second kappa shape index (κ2) is 9.73. The number of aliphatic hydroxyl groups is 1. The van der Waals surface area contributed by atoms with Crippen molar-refractivity contribution in [3.63, 3.8) is 0 Å². The van der Waals surface area contributed by atoms with Gasteiger partial charge in [-0.1, -0.05) is 47.6 Å². The van der Waals surface area contributed by atoms with Crippen LogP contribution in [0.3, 0.4) is 0 Å². The number of benzene rings is 2. The minimum atomic E-state index is -0.574. The number of aliphatic hydroxyl groups excluding tert-OH is 1. The summed E-state index contributed by atoms with van der Waals surface area (Å²) in [6.07, 6.45) is 0.609. The lowest BCUT2D eigenvalue weighted by atomic mass is 10.3. The first-order valence-electron chi connectivity index (χ1n) is 8.85. The molecule has 1 heterocycles. The van der Waals surface area contributed by atoms with E-state index < -0.39 is 5.25 Å². The number of hydrogen-bond acceptors (Lipinski definition) is 5. The maximum absolute atomic E-state index is 12.9. The van der Waals surface area contributed by atoms with Gasteiger partial charge >= 0.3 is 0 Å². The Hall–Kier alpha value is -2.35. The smallest absolute Gasteiger partial charge is 0.247 e. The third-order valence-electron chi connectivity index (χ3n) is 4.02. The largest absolute Gasteiger partial charge is 0.396 e. The number of nitrogens with one attached hydrogen (secondary N) is 1. The van der Waals surface area contributed by atoms with Crippen LogP contribution in [-0.4, -0.2) is 40.5 Å². The molecule has 146 valence electrons. The Labute approximate surface area is 172 Å². The summed E-state index contributed by atoms with van der Waals surface area (Å²) in [4.78, 5) is 31.0.